The van der Waals surface area contributed by atoms with Crippen molar-refractivity contribution in [1.29, 1.82) is 0 Å². The molecule has 390 valence electrons. The first-order valence-electron chi connectivity index (χ1n) is 28.4. The fraction of sp³-hybridized carbons (Fsp3) is 0.877. The van der Waals surface area contributed by atoms with Gasteiger partial charge < -0.3 is 28.8 Å². The van der Waals surface area contributed by atoms with E-state index in [1.165, 1.54) is 212 Å². The highest BCUT2D eigenvalue weighted by Crippen LogP contribution is 2.38. The molecule has 0 aliphatic rings. The summed E-state index contributed by atoms with van der Waals surface area (Å²) in [5.74, 6) is -0.206. The fourth-order valence-electron chi connectivity index (χ4n) is 8.34. The number of hydrogen-bond donors (Lipinski definition) is 2. The quantitative estimate of drug-likeness (QED) is 0.0272. The van der Waals surface area contributed by atoms with Crippen LogP contribution in [0.3, 0.4) is 0 Å². The molecular weight excluding hydrogens is 840 g/mol. The summed E-state index contributed by atoms with van der Waals surface area (Å²) in [6, 6.07) is -0.900. The summed E-state index contributed by atoms with van der Waals surface area (Å²) in [6.07, 6.45) is 62.5. The largest absolute Gasteiger partial charge is 0.756 e. The molecule has 0 aromatic carbocycles. The smallest absolute Gasteiger partial charge is 0.268 e. The zero-order valence-electron chi connectivity index (χ0n) is 44.4. The molecule has 0 bridgehead atoms. The highest BCUT2D eigenvalue weighted by molar-refractivity contribution is 7.45. The van der Waals surface area contributed by atoms with Crippen LogP contribution in [0.4, 0.5) is 0 Å². The van der Waals surface area contributed by atoms with E-state index in [0.717, 1.165) is 38.5 Å². The second kappa shape index (κ2) is 48.7. The van der Waals surface area contributed by atoms with Crippen molar-refractivity contribution in [2.75, 3.05) is 40.9 Å². The van der Waals surface area contributed by atoms with Crippen LogP contribution in [0.1, 0.15) is 271 Å². The van der Waals surface area contributed by atoms with Crippen LogP contribution in [0.25, 0.3) is 0 Å². The number of amides is 1. The normalized spacial score (nSPS) is 14.2. The predicted octanol–water partition coefficient (Wildman–Crippen LogP) is 16.4. The molecule has 8 nitrogen and oxygen atoms in total. The average molecular weight is 951 g/mol. The second-order valence-corrected chi connectivity index (χ2v) is 22.0. The van der Waals surface area contributed by atoms with E-state index in [0.29, 0.717) is 17.4 Å². The molecule has 3 unspecified atom stereocenters. The number of rotatable bonds is 52. The number of carbonyl (C=O) groups is 1. The molecule has 0 radical (unpaired) electrons. The summed E-state index contributed by atoms with van der Waals surface area (Å²) in [7, 11) is 1.25. The maximum Gasteiger partial charge on any atom is 0.268 e. The van der Waals surface area contributed by atoms with E-state index in [1.54, 1.807) is 6.08 Å². The predicted molar refractivity (Wildman–Crippen MR) is 284 cm³/mol. The number of hydrogen-bond acceptors (Lipinski definition) is 6. The number of aliphatic hydroxyl groups is 1. The van der Waals surface area contributed by atoms with Gasteiger partial charge in [0.25, 0.3) is 7.82 Å². The lowest BCUT2D eigenvalue weighted by Gasteiger charge is -2.29. The van der Waals surface area contributed by atoms with Gasteiger partial charge in [-0.2, -0.15) is 0 Å². The van der Waals surface area contributed by atoms with E-state index in [2.05, 4.69) is 43.5 Å². The van der Waals surface area contributed by atoms with Crippen LogP contribution in [0.5, 0.6) is 0 Å². The molecule has 0 aliphatic heterocycles. The number of likely N-dealkylation sites (N-methyl/N-ethyl adjacent to an activating group) is 1. The maximum absolute atomic E-state index is 12.9. The second-order valence-electron chi connectivity index (χ2n) is 20.6. The van der Waals surface area contributed by atoms with Crippen molar-refractivity contribution < 1.29 is 32.9 Å². The Morgan fingerprint density at radius 3 is 1.23 bits per heavy atom. The summed E-state index contributed by atoms with van der Waals surface area (Å²) in [4.78, 5) is 25.4. The Hall–Kier alpha value is -1.28. The van der Waals surface area contributed by atoms with E-state index in [-0.39, 0.29) is 12.5 Å². The Morgan fingerprint density at radius 1 is 0.515 bits per heavy atom. The zero-order chi connectivity index (χ0) is 48.5. The molecule has 1 amide bonds. The third kappa shape index (κ3) is 50.6. The summed E-state index contributed by atoms with van der Waals surface area (Å²) in [6.45, 7) is 4.62. The van der Waals surface area contributed by atoms with Gasteiger partial charge in [-0.1, -0.05) is 243 Å². The number of nitrogens with zero attached hydrogens (tertiary/aromatic N) is 1. The lowest BCUT2D eigenvalue weighted by Crippen LogP contribution is -2.45. The van der Waals surface area contributed by atoms with Gasteiger partial charge >= 0.3 is 0 Å². The molecule has 0 aliphatic carbocycles. The Labute approximate surface area is 410 Å². The summed E-state index contributed by atoms with van der Waals surface area (Å²) < 4.78 is 23.2. The molecule has 2 N–H and O–H groups in total. The van der Waals surface area contributed by atoms with Crippen LogP contribution < -0.4 is 10.2 Å². The number of aliphatic hydroxyl groups excluding tert-OH is 1. The molecule has 9 heteroatoms. The number of carbonyl (C=O) groups excluding carboxylic acids is 1. The summed E-state index contributed by atoms with van der Waals surface area (Å²) >= 11 is 0. The van der Waals surface area contributed by atoms with Crippen LogP contribution in [-0.2, 0) is 18.4 Å². The molecule has 0 spiro atoms. The molecule has 0 aromatic rings. The number of nitrogens with one attached hydrogen (secondary N) is 1. The Kier molecular flexibility index (Phi) is 47.8. The molecule has 0 saturated carbocycles. The van der Waals surface area contributed by atoms with E-state index in [4.69, 9.17) is 9.05 Å². The van der Waals surface area contributed by atoms with Gasteiger partial charge in [0.2, 0.25) is 5.91 Å². The molecule has 0 aromatic heterocycles. The number of phosphoric ester groups is 1. The molecule has 3 atom stereocenters. The van der Waals surface area contributed by atoms with Gasteiger partial charge in [0.1, 0.15) is 13.2 Å². The average Bonchev–Trinajstić information content (AvgIpc) is 3.28. The van der Waals surface area contributed by atoms with Crippen molar-refractivity contribution in [2.45, 2.75) is 283 Å². The van der Waals surface area contributed by atoms with Gasteiger partial charge in [-0.3, -0.25) is 9.36 Å². The molecule has 0 fully saturated rings. The molecule has 0 heterocycles. The first kappa shape index (κ1) is 64.7. The van der Waals surface area contributed by atoms with E-state index in [9.17, 15) is 19.4 Å². The van der Waals surface area contributed by atoms with Gasteiger partial charge in [-0.15, -0.1) is 0 Å². The monoisotopic (exact) mass is 951 g/mol. The minimum Gasteiger partial charge on any atom is -0.756 e. The number of unbranched alkanes of at least 4 members (excludes halogenated alkanes) is 35. The molecule has 0 rings (SSSR count). The minimum absolute atomic E-state index is 0.00545. The lowest BCUT2D eigenvalue weighted by atomic mass is 10.0. The molecule has 0 saturated heterocycles. The Bertz CT molecular complexity index is 1170. The van der Waals surface area contributed by atoms with Crippen LogP contribution in [0, 0.1) is 0 Å². The van der Waals surface area contributed by atoms with Crippen molar-refractivity contribution in [3.8, 4) is 0 Å². The minimum atomic E-state index is -4.60. The number of allylic oxidation sites excluding steroid dienone is 5. The van der Waals surface area contributed by atoms with Gasteiger partial charge in [0.15, 0.2) is 0 Å². The first-order chi connectivity index (χ1) is 32.0. The summed E-state index contributed by atoms with van der Waals surface area (Å²) in [5, 5.41) is 13.8. The van der Waals surface area contributed by atoms with Crippen molar-refractivity contribution in [3.05, 3.63) is 36.5 Å². The van der Waals surface area contributed by atoms with Gasteiger partial charge in [0, 0.05) is 6.42 Å². The topological polar surface area (TPSA) is 108 Å². The highest BCUT2D eigenvalue weighted by atomic mass is 31.2. The lowest BCUT2D eigenvalue weighted by molar-refractivity contribution is -0.870. The van der Waals surface area contributed by atoms with Gasteiger partial charge in [-0.25, -0.2) is 0 Å². The van der Waals surface area contributed by atoms with Crippen LogP contribution in [0.15, 0.2) is 36.5 Å². The summed E-state index contributed by atoms with van der Waals surface area (Å²) in [5.41, 5.74) is 0. The number of phosphoric acid groups is 1. The van der Waals surface area contributed by atoms with E-state index < -0.39 is 26.6 Å². The van der Waals surface area contributed by atoms with Crippen molar-refractivity contribution in [2.24, 2.45) is 0 Å². The third-order valence-electron chi connectivity index (χ3n) is 12.8. The van der Waals surface area contributed by atoms with Crippen LogP contribution in [0.2, 0.25) is 0 Å². The zero-order valence-corrected chi connectivity index (χ0v) is 45.3. The SMILES string of the molecule is CCCCCCC/C=C/CC/C=C/C(O)C(COP(=O)([O-])OCC[N+](C)(C)C)NC(=O)CCCCCCCCCCCCCCCCCCC/C=C\CCCCCCCCCCCCCC. The fourth-order valence-corrected chi connectivity index (χ4v) is 9.06. The standard InChI is InChI=1S/C57H111N2O6P/c1-6-8-10-12-14-16-18-19-20-21-22-23-24-25-26-27-28-29-30-31-32-33-34-35-36-37-38-39-41-43-45-47-49-51-57(61)58-55(54-65-66(62,63)64-53-52-59(3,4)5)56(60)50-48-46-44-42-40-17-15-13-11-9-7-2/h25-26,40,42,48,50,55-56,60H,6-24,27-39,41,43-47,49,51-54H2,1-5H3,(H-,58,61,62,63)/b26-25-,42-40+,50-48+. The van der Waals surface area contributed by atoms with Gasteiger partial charge in [0.05, 0.1) is 39.9 Å². The van der Waals surface area contributed by atoms with E-state index >= 15 is 0 Å². The van der Waals surface area contributed by atoms with Crippen molar-refractivity contribution >= 4 is 13.7 Å². The number of quaternary nitrogens is 1. The molecular formula is C57H111N2O6P. The first-order valence-corrected chi connectivity index (χ1v) is 29.8. The van der Waals surface area contributed by atoms with Crippen LogP contribution in [-0.4, -0.2) is 68.5 Å². The highest BCUT2D eigenvalue weighted by Gasteiger charge is 2.23. The molecule has 66 heavy (non-hydrogen) atoms. The third-order valence-corrected chi connectivity index (χ3v) is 13.8. The van der Waals surface area contributed by atoms with Crippen molar-refractivity contribution in [1.82, 2.24) is 5.32 Å². The van der Waals surface area contributed by atoms with E-state index in [1.807, 2.05) is 27.2 Å². The van der Waals surface area contributed by atoms with Crippen molar-refractivity contribution in [3.63, 3.8) is 0 Å². The van der Waals surface area contributed by atoms with Crippen LogP contribution >= 0.6 is 7.82 Å². The Morgan fingerprint density at radius 2 is 0.848 bits per heavy atom. The van der Waals surface area contributed by atoms with Gasteiger partial charge in [-0.05, 0) is 57.8 Å². The maximum atomic E-state index is 12.9. The Balaban J connectivity index is 3.96.